The lowest BCUT2D eigenvalue weighted by Crippen LogP contribution is -2.67. The Morgan fingerprint density at radius 1 is 0.911 bits per heavy atom. The number of nitrogens with zero attached hydrogens (tertiary/aromatic N) is 2. The molecule has 2 aliphatic heterocycles. The lowest BCUT2D eigenvalue weighted by molar-refractivity contribution is -0.151. The number of fused-ring (bicyclic) bond motifs is 2. The summed E-state index contributed by atoms with van der Waals surface area (Å²) >= 11 is 0. The van der Waals surface area contributed by atoms with Gasteiger partial charge >= 0.3 is 0 Å². The number of H-pyrrole nitrogens is 1. The molecule has 4 aromatic rings. The van der Waals surface area contributed by atoms with Crippen LogP contribution in [0.5, 0.6) is 0 Å². The van der Waals surface area contributed by atoms with Gasteiger partial charge in [0.25, 0.3) is 11.8 Å². The maximum atomic E-state index is 13.8. The molecule has 0 aliphatic carbocycles. The van der Waals surface area contributed by atoms with Crippen LogP contribution in [0.15, 0.2) is 60.9 Å². The molecule has 3 amide bonds. The van der Waals surface area contributed by atoms with Gasteiger partial charge in [-0.05, 0) is 39.8 Å². The van der Waals surface area contributed by atoms with Gasteiger partial charge in [0.1, 0.15) is 12.2 Å². The molecular formula is C35H41N5O5. The Labute approximate surface area is 262 Å². The fraction of sp³-hybridized carbons (Fsp3) is 0.400. The Morgan fingerprint density at radius 2 is 1.53 bits per heavy atom. The van der Waals surface area contributed by atoms with Crippen LogP contribution in [0.3, 0.4) is 0 Å². The normalized spacial score (nSPS) is 22.5. The minimum absolute atomic E-state index is 0.0694. The number of aromatic amines is 1. The van der Waals surface area contributed by atoms with Gasteiger partial charge in [0.15, 0.2) is 0 Å². The molecule has 236 valence electrons. The second-order valence-electron chi connectivity index (χ2n) is 12.5. The van der Waals surface area contributed by atoms with Crippen molar-refractivity contribution >= 4 is 50.7 Å². The summed E-state index contributed by atoms with van der Waals surface area (Å²) in [5, 5.41) is 8.42. The Balaban J connectivity index is 1.45. The minimum Gasteiger partial charge on any atom is -0.371 e. The van der Waals surface area contributed by atoms with Crippen LogP contribution < -0.4 is 10.6 Å². The van der Waals surface area contributed by atoms with E-state index in [1.54, 1.807) is 0 Å². The highest BCUT2D eigenvalue weighted by atomic mass is 16.6. The molecule has 10 heteroatoms. The topological polar surface area (TPSA) is 118 Å². The molecule has 0 saturated carbocycles. The number of carbonyl (C=O) groups excluding carboxylic acids is 3. The van der Waals surface area contributed by atoms with Crippen LogP contribution in [0.25, 0.3) is 33.0 Å². The molecule has 0 spiro atoms. The predicted molar refractivity (Wildman–Crippen MR) is 174 cm³/mol. The van der Waals surface area contributed by atoms with Gasteiger partial charge < -0.3 is 29.7 Å². The second-order valence-corrected chi connectivity index (χ2v) is 12.5. The molecule has 10 nitrogen and oxygen atoms in total. The second kappa shape index (κ2) is 12.3. The largest absolute Gasteiger partial charge is 0.371 e. The van der Waals surface area contributed by atoms with Gasteiger partial charge in [-0.1, -0.05) is 36.4 Å². The van der Waals surface area contributed by atoms with Gasteiger partial charge in [0.05, 0.1) is 35.4 Å². The van der Waals surface area contributed by atoms with Crippen molar-refractivity contribution < 1.29 is 23.9 Å². The number of nitrogens with one attached hydrogen (secondary N) is 3. The van der Waals surface area contributed by atoms with E-state index in [0.717, 1.165) is 21.8 Å². The minimum atomic E-state index is -0.372. The third-order valence-corrected chi connectivity index (χ3v) is 8.56. The highest BCUT2D eigenvalue weighted by Gasteiger charge is 2.43. The highest BCUT2D eigenvalue weighted by molar-refractivity contribution is 6.50. The van der Waals surface area contributed by atoms with E-state index in [1.165, 1.54) is 18.9 Å². The quantitative estimate of drug-likeness (QED) is 0.246. The van der Waals surface area contributed by atoms with E-state index in [1.807, 2.05) is 88.6 Å². The number of piperidine rings is 1. The number of imide groups is 1. The zero-order chi connectivity index (χ0) is 32.0. The summed E-state index contributed by atoms with van der Waals surface area (Å²) in [5.74, 6) is -0.779. The first-order valence-electron chi connectivity index (χ1n) is 15.6. The molecule has 3 N–H and O–H groups in total. The van der Waals surface area contributed by atoms with Crippen LogP contribution in [0, 0.1) is 0 Å². The lowest BCUT2D eigenvalue weighted by Gasteiger charge is -2.44. The SMILES string of the molecule is CC(=O)N[C@H]1CN[C@@H](Cn2cc(C3=C(c4c[nH]c5ccccc45)C(=O)N(C)C3=O)c3ccccc32)[C@@H](OC(C)C)[C@@H]1OC(C)C. The average Bonchev–Trinajstić information content (AvgIpc) is 3.64. The fourth-order valence-corrected chi connectivity index (χ4v) is 6.73. The van der Waals surface area contributed by atoms with E-state index < -0.39 is 0 Å². The fourth-order valence-electron chi connectivity index (χ4n) is 6.73. The van der Waals surface area contributed by atoms with Crippen molar-refractivity contribution in [3.8, 4) is 0 Å². The number of rotatable bonds is 9. The predicted octanol–water partition coefficient (Wildman–Crippen LogP) is 4.10. The van der Waals surface area contributed by atoms with Gasteiger partial charge in [-0.15, -0.1) is 0 Å². The van der Waals surface area contributed by atoms with E-state index in [-0.39, 0.29) is 54.2 Å². The van der Waals surface area contributed by atoms with Crippen molar-refractivity contribution in [1.82, 2.24) is 25.1 Å². The average molecular weight is 612 g/mol. The summed E-state index contributed by atoms with van der Waals surface area (Å²) in [7, 11) is 1.53. The summed E-state index contributed by atoms with van der Waals surface area (Å²) in [5.41, 5.74) is 4.02. The van der Waals surface area contributed by atoms with Crippen LogP contribution in [-0.4, -0.2) is 82.3 Å². The van der Waals surface area contributed by atoms with E-state index >= 15 is 0 Å². The number of hydrogen-bond donors (Lipinski definition) is 3. The van der Waals surface area contributed by atoms with Crippen molar-refractivity contribution in [2.75, 3.05) is 13.6 Å². The number of benzene rings is 2. The van der Waals surface area contributed by atoms with Crippen molar-refractivity contribution in [3.05, 3.63) is 72.1 Å². The van der Waals surface area contributed by atoms with Crippen molar-refractivity contribution in [3.63, 3.8) is 0 Å². The molecule has 2 aromatic carbocycles. The number of carbonyl (C=O) groups is 3. The molecule has 1 saturated heterocycles. The molecule has 2 aromatic heterocycles. The molecule has 45 heavy (non-hydrogen) atoms. The van der Waals surface area contributed by atoms with Crippen molar-refractivity contribution in [2.24, 2.45) is 0 Å². The molecule has 0 unspecified atom stereocenters. The van der Waals surface area contributed by atoms with Gasteiger partial charge in [-0.25, -0.2) is 0 Å². The first-order chi connectivity index (χ1) is 21.5. The van der Waals surface area contributed by atoms with E-state index in [9.17, 15) is 14.4 Å². The van der Waals surface area contributed by atoms with Crippen molar-refractivity contribution in [2.45, 2.75) is 77.7 Å². The first-order valence-corrected chi connectivity index (χ1v) is 15.6. The molecular weight excluding hydrogens is 570 g/mol. The number of para-hydroxylation sites is 2. The number of ether oxygens (including phenoxy) is 2. The summed E-state index contributed by atoms with van der Waals surface area (Å²) in [6.45, 7) is 10.5. The monoisotopic (exact) mass is 611 g/mol. The standard InChI is InChI=1S/C35H41N5O5/c1-19(2)44-32-27(38-21(5)41)16-37-28(33(32)45-20(3)4)18-40-17-25(23-12-8-10-14-29(23)40)31-30(34(42)39(6)35(31)43)24-15-36-26-13-9-7-11-22(24)26/h7-15,17,19-20,27-28,32-33,36-37H,16,18H2,1-6H3,(H,38,41)/t27-,28-,32+,33+/m0/s1. The molecule has 1 fully saturated rings. The van der Waals surface area contributed by atoms with Crippen LogP contribution in [0.2, 0.25) is 0 Å². The Kier molecular flexibility index (Phi) is 8.39. The first kappa shape index (κ1) is 30.8. The molecule has 6 rings (SSSR count). The molecule has 2 aliphatic rings. The summed E-state index contributed by atoms with van der Waals surface area (Å²) in [4.78, 5) is 44.0. The van der Waals surface area contributed by atoms with Gasteiger partial charge in [-0.2, -0.15) is 0 Å². The third-order valence-electron chi connectivity index (χ3n) is 8.56. The summed E-state index contributed by atoms with van der Waals surface area (Å²) in [6.07, 6.45) is 2.90. The van der Waals surface area contributed by atoms with Gasteiger partial charge in [-0.3, -0.25) is 19.3 Å². The number of amides is 3. The van der Waals surface area contributed by atoms with Crippen LogP contribution in [-0.2, 0) is 30.4 Å². The smallest absolute Gasteiger partial charge is 0.261 e. The Hall–Kier alpha value is -4.25. The maximum absolute atomic E-state index is 13.8. The molecule has 0 radical (unpaired) electrons. The number of hydrogen-bond acceptors (Lipinski definition) is 6. The van der Waals surface area contributed by atoms with Crippen LogP contribution in [0.1, 0.15) is 45.7 Å². The van der Waals surface area contributed by atoms with E-state index in [0.29, 0.717) is 35.4 Å². The number of likely N-dealkylation sites (N-methyl/N-ethyl adjacent to an activating group) is 1. The lowest BCUT2D eigenvalue weighted by atomic mass is 9.92. The zero-order valence-corrected chi connectivity index (χ0v) is 26.6. The van der Waals surface area contributed by atoms with Crippen LogP contribution >= 0.6 is 0 Å². The third kappa shape index (κ3) is 5.69. The Morgan fingerprint density at radius 3 is 2.22 bits per heavy atom. The van der Waals surface area contributed by atoms with Gasteiger partial charge in [0.2, 0.25) is 5.91 Å². The molecule has 4 heterocycles. The summed E-state index contributed by atoms with van der Waals surface area (Å²) < 4.78 is 15.0. The van der Waals surface area contributed by atoms with E-state index in [2.05, 4.69) is 20.2 Å². The zero-order valence-electron chi connectivity index (χ0n) is 26.6. The Bertz CT molecular complexity index is 1800. The maximum Gasteiger partial charge on any atom is 0.261 e. The molecule has 4 atom stereocenters. The number of aromatic nitrogens is 2. The molecule has 0 bridgehead atoms. The highest BCUT2D eigenvalue weighted by Crippen LogP contribution is 2.41. The van der Waals surface area contributed by atoms with Gasteiger partial charge in [0, 0.05) is 72.4 Å². The van der Waals surface area contributed by atoms with E-state index in [4.69, 9.17) is 9.47 Å². The van der Waals surface area contributed by atoms with Crippen LogP contribution in [0.4, 0.5) is 0 Å². The van der Waals surface area contributed by atoms with Crippen molar-refractivity contribution in [1.29, 1.82) is 0 Å². The summed E-state index contributed by atoms with van der Waals surface area (Å²) in [6, 6.07) is 15.3.